The second-order valence-corrected chi connectivity index (χ2v) is 7.07. The van der Waals surface area contributed by atoms with Crippen molar-refractivity contribution in [3.63, 3.8) is 0 Å². The zero-order chi connectivity index (χ0) is 14.2. The highest BCUT2D eigenvalue weighted by Gasteiger charge is 2.34. The Morgan fingerprint density at radius 3 is 2.90 bits per heavy atom. The van der Waals surface area contributed by atoms with E-state index in [1.807, 2.05) is 13.0 Å². The molecule has 3 rings (SSSR count). The van der Waals surface area contributed by atoms with Gasteiger partial charge in [-0.2, -0.15) is 0 Å². The van der Waals surface area contributed by atoms with Crippen molar-refractivity contribution in [3.8, 4) is 0 Å². The van der Waals surface area contributed by atoms with E-state index in [1.165, 1.54) is 0 Å². The van der Waals surface area contributed by atoms with Gasteiger partial charge in [-0.25, -0.2) is 13.1 Å². The first kappa shape index (κ1) is 13.5. The van der Waals surface area contributed by atoms with Crippen LogP contribution < -0.4 is 10.0 Å². The summed E-state index contributed by atoms with van der Waals surface area (Å²) in [6.07, 6.45) is 2.45. The van der Waals surface area contributed by atoms with Crippen LogP contribution >= 0.6 is 0 Å². The zero-order valence-electron chi connectivity index (χ0n) is 11.3. The number of hydrogen-bond donors (Lipinski definition) is 2. The molecule has 5 nitrogen and oxygen atoms in total. The second kappa shape index (κ2) is 4.80. The molecule has 1 unspecified atom stereocenters. The number of aromatic nitrogens is 1. The first-order valence-electron chi connectivity index (χ1n) is 6.59. The van der Waals surface area contributed by atoms with Crippen LogP contribution in [-0.4, -0.2) is 32.0 Å². The predicted molar refractivity (Wildman–Crippen MR) is 78.0 cm³/mol. The minimum Gasteiger partial charge on any atom is -0.315 e. The summed E-state index contributed by atoms with van der Waals surface area (Å²) in [5.41, 5.74) is 0.258. The third-order valence-corrected chi connectivity index (χ3v) is 5.34. The van der Waals surface area contributed by atoms with Crippen LogP contribution in [0.3, 0.4) is 0 Å². The van der Waals surface area contributed by atoms with Crippen LogP contribution in [0, 0.1) is 0 Å². The van der Waals surface area contributed by atoms with Gasteiger partial charge in [0, 0.05) is 23.7 Å². The molecule has 1 aromatic carbocycles. The Morgan fingerprint density at radius 1 is 1.30 bits per heavy atom. The Hall–Kier alpha value is -1.50. The van der Waals surface area contributed by atoms with Gasteiger partial charge in [0.25, 0.3) is 0 Å². The van der Waals surface area contributed by atoms with E-state index >= 15 is 0 Å². The fourth-order valence-corrected chi connectivity index (χ4v) is 4.25. The van der Waals surface area contributed by atoms with Gasteiger partial charge >= 0.3 is 0 Å². The van der Waals surface area contributed by atoms with E-state index in [0.717, 1.165) is 13.0 Å². The fraction of sp³-hybridized carbons (Fsp3) is 0.357. The highest BCUT2D eigenvalue weighted by Crippen LogP contribution is 2.24. The number of benzene rings is 1. The number of rotatable bonds is 3. The van der Waals surface area contributed by atoms with Crippen LogP contribution in [0.5, 0.6) is 0 Å². The molecular weight excluding hydrogens is 274 g/mol. The molecule has 0 radical (unpaired) electrons. The summed E-state index contributed by atoms with van der Waals surface area (Å²) in [7, 11) is -3.56. The van der Waals surface area contributed by atoms with Gasteiger partial charge in [-0.1, -0.05) is 6.07 Å². The third kappa shape index (κ3) is 2.42. The quantitative estimate of drug-likeness (QED) is 0.893. The van der Waals surface area contributed by atoms with Crippen LogP contribution in [0.15, 0.2) is 41.4 Å². The minimum absolute atomic E-state index is 0.288. The largest absolute Gasteiger partial charge is 0.315 e. The molecule has 106 valence electrons. The van der Waals surface area contributed by atoms with Crippen molar-refractivity contribution in [2.45, 2.75) is 23.8 Å². The van der Waals surface area contributed by atoms with Crippen molar-refractivity contribution in [2.24, 2.45) is 0 Å². The molecule has 2 N–H and O–H groups in total. The predicted octanol–water partition coefficient (Wildman–Crippen LogP) is 1.27. The molecule has 6 heteroatoms. The molecule has 1 aliphatic heterocycles. The van der Waals surface area contributed by atoms with Crippen LogP contribution in [0.2, 0.25) is 0 Å². The van der Waals surface area contributed by atoms with E-state index in [9.17, 15) is 8.42 Å². The fourth-order valence-electron chi connectivity index (χ4n) is 2.59. The summed E-state index contributed by atoms with van der Waals surface area (Å²) in [6, 6.07) is 8.69. The lowest BCUT2D eigenvalue weighted by Gasteiger charge is -2.24. The van der Waals surface area contributed by atoms with E-state index in [-0.39, 0.29) is 4.90 Å². The molecule has 1 atom stereocenters. The van der Waals surface area contributed by atoms with Gasteiger partial charge in [-0.15, -0.1) is 0 Å². The summed E-state index contributed by atoms with van der Waals surface area (Å²) in [4.78, 5) is 4.49. The molecule has 0 bridgehead atoms. The lowest BCUT2D eigenvalue weighted by molar-refractivity contribution is 0.452. The van der Waals surface area contributed by atoms with Gasteiger partial charge in [0.2, 0.25) is 10.0 Å². The molecule has 2 heterocycles. The average Bonchev–Trinajstić information content (AvgIpc) is 2.83. The van der Waals surface area contributed by atoms with Crippen molar-refractivity contribution in [1.82, 2.24) is 15.0 Å². The van der Waals surface area contributed by atoms with Gasteiger partial charge in [-0.05, 0) is 44.2 Å². The van der Waals surface area contributed by atoms with Crippen molar-refractivity contribution in [3.05, 3.63) is 36.5 Å². The summed E-state index contributed by atoms with van der Waals surface area (Å²) >= 11 is 0. The topological polar surface area (TPSA) is 71.1 Å². The van der Waals surface area contributed by atoms with Crippen molar-refractivity contribution >= 4 is 20.9 Å². The summed E-state index contributed by atoms with van der Waals surface area (Å²) < 4.78 is 28.1. The van der Waals surface area contributed by atoms with Crippen molar-refractivity contribution in [2.75, 3.05) is 13.1 Å². The number of fused-ring (bicyclic) bond motifs is 1. The van der Waals surface area contributed by atoms with Gasteiger partial charge < -0.3 is 5.32 Å². The van der Waals surface area contributed by atoms with E-state index < -0.39 is 15.6 Å². The maximum Gasteiger partial charge on any atom is 0.241 e. The van der Waals surface area contributed by atoms with Crippen LogP contribution in [0.1, 0.15) is 13.3 Å². The standard InChI is InChI=1S/C14H17N3O2S/c1-14(7-9-15-10-14)17-20(18,19)13-6-2-5-12-11(13)4-3-8-16-12/h2-6,8,15,17H,7,9-10H2,1H3. The van der Waals surface area contributed by atoms with Crippen LogP contribution in [0.25, 0.3) is 10.9 Å². The first-order chi connectivity index (χ1) is 9.50. The van der Waals surface area contributed by atoms with Crippen molar-refractivity contribution < 1.29 is 8.42 Å². The molecule has 1 aromatic heterocycles. The Kier molecular flexibility index (Phi) is 3.24. The van der Waals surface area contributed by atoms with E-state index in [4.69, 9.17) is 0 Å². The monoisotopic (exact) mass is 291 g/mol. The number of hydrogen-bond acceptors (Lipinski definition) is 4. The van der Waals surface area contributed by atoms with E-state index in [1.54, 1.807) is 30.5 Å². The molecule has 2 aromatic rings. The van der Waals surface area contributed by atoms with Gasteiger partial charge in [0.05, 0.1) is 10.4 Å². The number of pyridine rings is 1. The Morgan fingerprint density at radius 2 is 2.15 bits per heavy atom. The van der Waals surface area contributed by atoms with Gasteiger partial charge in [0.15, 0.2) is 0 Å². The first-order valence-corrected chi connectivity index (χ1v) is 8.07. The van der Waals surface area contributed by atoms with Crippen LogP contribution in [0.4, 0.5) is 0 Å². The average molecular weight is 291 g/mol. The zero-order valence-corrected chi connectivity index (χ0v) is 12.1. The summed E-state index contributed by atoms with van der Waals surface area (Å²) in [6.45, 7) is 3.40. The lowest BCUT2D eigenvalue weighted by atomic mass is 10.0. The maximum atomic E-state index is 12.6. The van der Waals surface area contributed by atoms with Gasteiger partial charge in [0.1, 0.15) is 0 Å². The number of nitrogens with zero attached hydrogens (tertiary/aromatic N) is 1. The summed E-state index contributed by atoms with van der Waals surface area (Å²) in [5.74, 6) is 0. The molecule has 20 heavy (non-hydrogen) atoms. The highest BCUT2D eigenvalue weighted by molar-refractivity contribution is 7.89. The SMILES string of the molecule is CC1(NS(=O)(=O)c2cccc3ncccc23)CCNC1. The third-order valence-electron chi connectivity index (χ3n) is 3.64. The second-order valence-electron chi connectivity index (χ2n) is 5.42. The Labute approximate surface area is 118 Å². The molecular formula is C14H17N3O2S. The molecule has 0 amide bonds. The lowest BCUT2D eigenvalue weighted by Crippen LogP contribution is -2.47. The van der Waals surface area contributed by atoms with Crippen molar-refractivity contribution in [1.29, 1.82) is 0 Å². The minimum atomic E-state index is -3.56. The Balaban J connectivity index is 2.05. The molecule has 1 fully saturated rings. The number of sulfonamides is 1. The highest BCUT2D eigenvalue weighted by atomic mass is 32.2. The maximum absolute atomic E-state index is 12.6. The molecule has 0 spiro atoms. The molecule has 0 saturated carbocycles. The van der Waals surface area contributed by atoms with E-state index in [0.29, 0.717) is 17.4 Å². The smallest absolute Gasteiger partial charge is 0.241 e. The van der Waals surface area contributed by atoms with E-state index in [2.05, 4.69) is 15.0 Å². The van der Waals surface area contributed by atoms with Crippen LogP contribution in [-0.2, 0) is 10.0 Å². The molecule has 1 aliphatic rings. The Bertz CT molecular complexity index is 732. The summed E-state index contributed by atoms with van der Waals surface area (Å²) in [5, 5.41) is 3.83. The van der Waals surface area contributed by atoms with Gasteiger partial charge in [-0.3, -0.25) is 4.98 Å². The molecule has 1 saturated heterocycles. The number of nitrogens with one attached hydrogen (secondary N) is 2. The molecule has 0 aliphatic carbocycles. The normalized spacial score (nSPS) is 23.2.